The lowest BCUT2D eigenvalue weighted by Gasteiger charge is -2.36. The molecule has 1 amide bonds. The Kier molecular flexibility index (Phi) is 7.56. The molecule has 0 spiro atoms. The number of amides is 1. The van der Waals surface area contributed by atoms with Crippen LogP contribution in [0.2, 0.25) is 0 Å². The van der Waals surface area contributed by atoms with E-state index in [2.05, 4.69) is 4.72 Å². The van der Waals surface area contributed by atoms with Crippen LogP contribution in [0.1, 0.15) is 29.8 Å². The molecule has 0 saturated carbocycles. The number of hydrogen-bond acceptors (Lipinski definition) is 6. The van der Waals surface area contributed by atoms with Crippen molar-refractivity contribution in [3.63, 3.8) is 0 Å². The molecule has 0 aliphatic carbocycles. The highest BCUT2D eigenvalue weighted by molar-refractivity contribution is 7.89. The second-order valence-electron chi connectivity index (χ2n) is 8.13. The van der Waals surface area contributed by atoms with Crippen molar-refractivity contribution in [1.29, 1.82) is 5.26 Å². The number of benzene rings is 2. The minimum Gasteiger partial charge on any atom is -0.492 e. The normalized spacial score (nSPS) is 14.3. The van der Waals surface area contributed by atoms with Crippen LogP contribution in [0.3, 0.4) is 0 Å². The van der Waals surface area contributed by atoms with Crippen molar-refractivity contribution in [3.05, 3.63) is 53.3 Å². The van der Waals surface area contributed by atoms with Crippen molar-refractivity contribution in [2.45, 2.75) is 18.7 Å². The third kappa shape index (κ3) is 5.61. The van der Waals surface area contributed by atoms with Gasteiger partial charge >= 0.3 is 0 Å². The highest BCUT2D eigenvalue weighted by atomic mass is 32.2. The molecule has 1 aliphatic heterocycles. The van der Waals surface area contributed by atoms with Crippen LogP contribution < -0.4 is 14.4 Å². The van der Waals surface area contributed by atoms with E-state index in [4.69, 9.17) is 10.00 Å². The minimum atomic E-state index is -3.74. The van der Waals surface area contributed by atoms with Crippen molar-refractivity contribution >= 4 is 21.6 Å². The summed E-state index contributed by atoms with van der Waals surface area (Å²) in [6.07, 6.45) is 0. The first-order chi connectivity index (χ1) is 15.7. The van der Waals surface area contributed by atoms with Gasteiger partial charge in [0.25, 0.3) is 5.91 Å². The number of ether oxygens (including phenoxy) is 1. The Hall–Kier alpha value is -3.16. The molecule has 8 nitrogen and oxygen atoms in total. The standard InChI is InChI=1S/C23H27FN4O4S/c1-16(2)15-32-22-7-5-18(33(30,31)26-3)13-19(22)23(29)28-10-8-27(9-11-28)21-6-4-17(14-25)12-20(21)24/h4-7,12-13,16,26H,8-11,15H2,1-3H3. The first kappa shape index (κ1) is 24.5. The van der Waals surface area contributed by atoms with Gasteiger partial charge in [0, 0.05) is 26.2 Å². The van der Waals surface area contributed by atoms with Crippen molar-refractivity contribution in [1.82, 2.24) is 9.62 Å². The fourth-order valence-corrected chi connectivity index (χ4v) is 4.25. The molecule has 1 N–H and O–H groups in total. The second kappa shape index (κ2) is 10.2. The number of nitrogens with one attached hydrogen (secondary N) is 1. The Morgan fingerprint density at radius 2 is 1.88 bits per heavy atom. The van der Waals surface area contributed by atoms with Gasteiger partial charge in [-0.05, 0) is 49.4 Å². The van der Waals surface area contributed by atoms with E-state index >= 15 is 0 Å². The Morgan fingerprint density at radius 1 is 1.18 bits per heavy atom. The lowest BCUT2D eigenvalue weighted by molar-refractivity contribution is 0.0741. The zero-order chi connectivity index (χ0) is 24.2. The predicted molar refractivity (Wildman–Crippen MR) is 122 cm³/mol. The highest BCUT2D eigenvalue weighted by Crippen LogP contribution is 2.27. The van der Waals surface area contributed by atoms with E-state index in [0.29, 0.717) is 44.2 Å². The van der Waals surface area contributed by atoms with Gasteiger partial charge in [-0.3, -0.25) is 4.79 Å². The van der Waals surface area contributed by atoms with Crippen molar-refractivity contribution in [3.8, 4) is 11.8 Å². The van der Waals surface area contributed by atoms with Gasteiger partial charge in [0.2, 0.25) is 10.0 Å². The summed E-state index contributed by atoms with van der Waals surface area (Å²) >= 11 is 0. The number of sulfonamides is 1. The maximum absolute atomic E-state index is 14.4. The number of carbonyl (C=O) groups excluding carboxylic acids is 1. The van der Waals surface area contributed by atoms with Gasteiger partial charge in [0.15, 0.2) is 0 Å². The van der Waals surface area contributed by atoms with Gasteiger partial charge in [-0.15, -0.1) is 0 Å². The molecular formula is C23H27FN4O4S. The fraction of sp³-hybridized carbons (Fsp3) is 0.391. The molecule has 0 unspecified atom stereocenters. The zero-order valence-electron chi connectivity index (χ0n) is 18.8. The Morgan fingerprint density at radius 3 is 2.45 bits per heavy atom. The summed E-state index contributed by atoms with van der Waals surface area (Å²) < 4.78 is 47.0. The number of nitrogens with zero attached hydrogens (tertiary/aromatic N) is 3. The number of rotatable bonds is 7. The van der Waals surface area contributed by atoms with Crippen LogP contribution in [0.5, 0.6) is 5.75 Å². The SMILES string of the molecule is CNS(=O)(=O)c1ccc(OCC(C)C)c(C(=O)N2CCN(c3ccc(C#N)cc3F)CC2)c1. The predicted octanol–water partition coefficient (Wildman–Crippen LogP) is 2.60. The Balaban J connectivity index is 1.81. The molecule has 1 saturated heterocycles. The van der Waals surface area contributed by atoms with E-state index in [1.54, 1.807) is 17.0 Å². The quantitative estimate of drug-likeness (QED) is 0.662. The van der Waals surface area contributed by atoms with E-state index in [-0.39, 0.29) is 27.8 Å². The molecule has 1 aliphatic rings. The zero-order valence-corrected chi connectivity index (χ0v) is 19.7. The maximum atomic E-state index is 14.4. The monoisotopic (exact) mass is 474 g/mol. The van der Waals surface area contributed by atoms with Crippen LogP contribution >= 0.6 is 0 Å². The van der Waals surface area contributed by atoms with Gasteiger partial charge in [-0.1, -0.05) is 13.8 Å². The van der Waals surface area contributed by atoms with Gasteiger partial charge in [0.1, 0.15) is 11.6 Å². The first-order valence-electron chi connectivity index (χ1n) is 10.6. The number of hydrogen-bond donors (Lipinski definition) is 1. The molecule has 10 heteroatoms. The number of anilines is 1. The highest BCUT2D eigenvalue weighted by Gasteiger charge is 2.27. The summed E-state index contributed by atoms with van der Waals surface area (Å²) in [5.41, 5.74) is 0.796. The average Bonchev–Trinajstić information content (AvgIpc) is 2.82. The van der Waals surface area contributed by atoms with E-state index in [9.17, 15) is 17.6 Å². The Labute approximate surface area is 193 Å². The minimum absolute atomic E-state index is 0.0245. The molecule has 2 aromatic rings. The molecule has 0 bridgehead atoms. The third-order valence-electron chi connectivity index (χ3n) is 5.32. The summed E-state index contributed by atoms with van der Waals surface area (Å²) in [4.78, 5) is 16.7. The van der Waals surface area contributed by atoms with Crippen molar-refractivity contribution in [2.75, 3.05) is 44.7 Å². The molecular weight excluding hydrogens is 447 g/mol. The molecule has 33 heavy (non-hydrogen) atoms. The summed E-state index contributed by atoms with van der Waals surface area (Å²) in [5.74, 6) is -0.283. The molecule has 1 fully saturated rings. The lowest BCUT2D eigenvalue weighted by Crippen LogP contribution is -2.49. The molecule has 3 rings (SSSR count). The van der Waals surface area contributed by atoms with Crippen molar-refractivity contribution in [2.24, 2.45) is 5.92 Å². The van der Waals surface area contributed by atoms with Crippen LogP contribution in [0.4, 0.5) is 10.1 Å². The first-order valence-corrected chi connectivity index (χ1v) is 12.1. The molecule has 0 atom stereocenters. The largest absolute Gasteiger partial charge is 0.492 e. The van der Waals surface area contributed by atoms with E-state index in [0.717, 1.165) is 0 Å². The summed E-state index contributed by atoms with van der Waals surface area (Å²) in [5, 5.41) is 8.92. The molecule has 0 aromatic heterocycles. The summed E-state index contributed by atoms with van der Waals surface area (Å²) in [6.45, 7) is 5.77. The van der Waals surface area contributed by atoms with Gasteiger partial charge in [-0.25, -0.2) is 17.5 Å². The number of nitriles is 1. The van der Waals surface area contributed by atoms with Gasteiger partial charge < -0.3 is 14.5 Å². The topological polar surface area (TPSA) is 103 Å². The fourth-order valence-electron chi connectivity index (χ4n) is 3.50. The van der Waals surface area contributed by atoms with Crippen LogP contribution in [0.25, 0.3) is 0 Å². The molecule has 1 heterocycles. The van der Waals surface area contributed by atoms with E-state index < -0.39 is 15.8 Å². The number of halogens is 1. The van der Waals surface area contributed by atoms with Crippen LogP contribution in [-0.4, -0.2) is 59.1 Å². The maximum Gasteiger partial charge on any atom is 0.257 e. The average molecular weight is 475 g/mol. The van der Waals surface area contributed by atoms with Crippen LogP contribution in [0.15, 0.2) is 41.3 Å². The molecule has 2 aromatic carbocycles. The lowest BCUT2D eigenvalue weighted by atomic mass is 10.1. The van der Waals surface area contributed by atoms with Gasteiger partial charge in [-0.2, -0.15) is 5.26 Å². The molecule has 0 radical (unpaired) electrons. The molecule has 176 valence electrons. The summed E-state index contributed by atoms with van der Waals surface area (Å²) in [6, 6.07) is 10.5. The van der Waals surface area contributed by atoms with Crippen LogP contribution in [0, 0.1) is 23.1 Å². The second-order valence-corrected chi connectivity index (χ2v) is 10.0. The van der Waals surface area contributed by atoms with Crippen molar-refractivity contribution < 1.29 is 22.3 Å². The smallest absolute Gasteiger partial charge is 0.257 e. The van der Waals surface area contributed by atoms with Crippen LogP contribution in [-0.2, 0) is 10.0 Å². The van der Waals surface area contributed by atoms with E-state index in [1.165, 1.54) is 31.3 Å². The number of piperazine rings is 1. The third-order valence-corrected chi connectivity index (χ3v) is 6.73. The van der Waals surface area contributed by atoms with E-state index in [1.807, 2.05) is 24.8 Å². The summed E-state index contributed by atoms with van der Waals surface area (Å²) in [7, 11) is -2.43. The van der Waals surface area contributed by atoms with Gasteiger partial charge in [0.05, 0.1) is 34.4 Å². The Bertz CT molecular complexity index is 1170. The number of carbonyl (C=O) groups is 1.